The Hall–Kier alpha value is -3.23. The lowest BCUT2D eigenvalue weighted by atomic mass is 10.3. The van der Waals surface area contributed by atoms with E-state index in [9.17, 15) is 34.8 Å². The summed E-state index contributed by atoms with van der Waals surface area (Å²) in [5.41, 5.74) is -2.26. The predicted molar refractivity (Wildman–Crippen MR) is 99.1 cm³/mol. The summed E-state index contributed by atoms with van der Waals surface area (Å²) >= 11 is 0. The van der Waals surface area contributed by atoms with Gasteiger partial charge >= 0.3 is 12.4 Å². The molecule has 0 aromatic carbocycles. The number of fused-ring (bicyclic) bond motifs is 2. The number of nitrogens with zero attached hydrogens (tertiary/aromatic N) is 5. The Morgan fingerprint density at radius 1 is 1.03 bits per heavy atom. The Kier molecular flexibility index (Phi) is 4.73. The number of pyridine rings is 2. The van der Waals surface area contributed by atoms with Gasteiger partial charge in [0, 0.05) is 7.05 Å². The third kappa shape index (κ3) is 3.55. The summed E-state index contributed by atoms with van der Waals surface area (Å²) in [4.78, 5) is 16.3. The Labute approximate surface area is 175 Å². The zero-order valence-electron chi connectivity index (χ0n) is 16.2. The zero-order valence-corrected chi connectivity index (χ0v) is 17.0. The molecule has 1 N–H and O–H groups in total. The molecule has 0 atom stereocenters. The average molecular weight is 478 g/mol. The Bertz CT molecular complexity index is 1470. The number of hydrogen-bond acceptors (Lipinski definition) is 6. The van der Waals surface area contributed by atoms with Crippen molar-refractivity contribution in [1.29, 1.82) is 0 Å². The second-order valence-electron chi connectivity index (χ2n) is 6.74. The fourth-order valence-corrected chi connectivity index (χ4v) is 4.11. The molecular weight excluding hydrogens is 466 g/mol. The lowest BCUT2D eigenvalue weighted by Gasteiger charge is -2.09. The van der Waals surface area contributed by atoms with Crippen molar-refractivity contribution in [3.05, 3.63) is 29.8 Å². The van der Waals surface area contributed by atoms with E-state index in [0.717, 1.165) is 12.3 Å². The van der Waals surface area contributed by atoms with E-state index < -0.39 is 50.0 Å². The normalized spacial score (nSPS) is 13.4. The third-order valence-electron chi connectivity index (χ3n) is 4.69. The van der Waals surface area contributed by atoms with Gasteiger partial charge in [0.05, 0.1) is 33.4 Å². The van der Waals surface area contributed by atoms with Gasteiger partial charge in [-0.25, -0.2) is 28.4 Å². The highest BCUT2D eigenvalue weighted by atomic mass is 32.2. The zero-order chi connectivity index (χ0) is 23.6. The Morgan fingerprint density at radius 2 is 1.72 bits per heavy atom. The van der Waals surface area contributed by atoms with Gasteiger partial charge in [0.1, 0.15) is 11.4 Å². The summed E-state index contributed by atoms with van der Waals surface area (Å²) in [6, 6.07) is 1.64. The highest BCUT2D eigenvalue weighted by molar-refractivity contribution is 7.91. The first-order valence-electron chi connectivity index (χ1n) is 8.83. The van der Waals surface area contributed by atoms with Gasteiger partial charge in [0.2, 0.25) is 5.82 Å². The molecule has 8 nitrogen and oxygen atoms in total. The van der Waals surface area contributed by atoms with Gasteiger partial charge in [0.15, 0.2) is 21.3 Å². The number of hydrogen-bond donors (Lipinski definition) is 1. The van der Waals surface area contributed by atoms with E-state index in [1.54, 1.807) is 0 Å². The molecule has 0 spiro atoms. The van der Waals surface area contributed by atoms with E-state index in [-0.39, 0.29) is 28.1 Å². The maximum absolute atomic E-state index is 13.0. The number of imidazole rings is 2. The van der Waals surface area contributed by atoms with Crippen LogP contribution in [0.3, 0.4) is 0 Å². The van der Waals surface area contributed by atoms with Gasteiger partial charge in [0.25, 0.3) is 0 Å². The molecule has 15 heteroatoms. The van der Waals surface area contributed by atoms with Crippen molar-refractivity contribution in [2.24, 2.45) is 7.05 Å². The predicted octanol–water partition coefficient (Wildman–Crippen LogP) is 3.74. The molecule has 4 aromatic rings. The molecule has 0 aliphatic heterocycles. The summed E-state index contributed by atoms with van der Waals surface area (Å²) in [5.74, 6) is -1.95. The van der Waals surface area contributed by atoms with Crippen LogP contribution in [0.15, 0.2) is 23.2 Å². The van der Waals surface area contributed by atoms with E-state index in [0.29, 0.717) is 6.07 Å². The van der Waals surface area contributed by atoms with Crippen LogP contribution in [0.25, 0.3) is 33.7 Å². The molecule has 4 rings (SSSR count). The van der Waals surface area contributed by atoms with Gasteiger partial charge < -0.3 is 9.55 Å². The van der Waals surface area contributed by atoms with Crippen molar-refractivity contribution >= 4 is 32.0 Å². The Morgan fingerprint density at radius 3 is 2.31 bits per heavy atom. The molecule has 0 amide bonds. The number of alkyl halides is 6. The van der Waals surface area contributed by atoms with Crippen molar-refractivity contribution in [2.75, 3.05) is 5.75 Å². The lowest BCUT2D eigenvalue weighted by molar-refractivity contribution is -0.144. The van der Waals surface area contributed by atoms with Crippen LogP contribution in [0.1, 0.15) is 18.4 Å². The van der Waals surface area contributed by atoms with Crippen LogP contribution in [0.5, 0.6) is 0 Å². The molecule has 4 heterocycles. The third-order valence-corrected chi connectivity index (χ3v) is 6.43. The molecule has 32 heavy (non-hydrogen) atoms. The number of aromatic nitrogens is 6. The lowest BCUT2D eigenvalue weighted by Crippen LogP contribution is -2.09. The van der Waals surface area contributed by atoms with Gasteiger partial charge in [-0.2, -0.15) is 26.3 Å². The Balaban J connectivity index is 2.03. The number of nitrogens with one attached hydrogen (secondary N) is 1. The minimum Gasteiger partial charge on any atom is -0.333 e. The number of sulfone groups is 1. The molecule has 0 fully saturated rings. The maximum Gasteiger partial charge on any atom is 0.449 e. The van der Waals surface area contributed by atoms with Crippen LogP contribution in [0.4, 0.5) is 26.3 Å². The van der Waals surface area contributed by atoms with Gasteiger partial charge in [-0.3, -0.25) is 0 Å². The molecule has 0 saturated heterocycles. The van der Waals surface area contributed by atoms with Gasteiger partial charge in [-0.05, 0) is 12.1 Å². The topological polar surface area (TPSA) is 106 Å². The van der Waals surface area contributed by atoms with Crippen molar-refractivity contribution < 1.29 is 34.8 Å². The summed E-state index contributed by atoms with van der Waals surface area (Å²) in [5, 5.41) is 0. The van der Waals surface area contributed by atoms with Crippen LogP contribution in [0, 0.1) is 0 Å². The number of H-pyrrole nitrogens is 1. The molecule has 4 aromatic heterocycles. The van der Waals surface area contributed by atoms with Crippen molar-refractivity contribution in [3.63, 3.8) is 0 Å². The van der Waals surface area contributed by atoms with Crippen LogP contribution >= 0.6 is 0 Å². The van der Waals surface area contributed by atoms with E-state index in [4.69, 9.17) is 0 Å². The number of halogens is 6. The standard InChI is InChI=1S/C17H12F6N6O2S/c1-3-32(30,31)10-4-8-13(28-15(26-8)17(21,22)23)27-12(10)14-25-7-5-11(16(18,19)20)24-6-9(7)29(14)2/h4-6H,3H2,1-2H3,(H,26,27,28). The number of aryl methyl sites for hydroxylation is 1. The van der Waals surface area contributed by atoms with Crippen LogP contribution in [-0.2, 0) is 29.2 Å². The van der Waals surface area contributed by atoms with E-state index in [2.05, 4.69) is 19.9 Å². The van der Waals surface area contributed by atoms with Gasteiger partial charge in [-0.1, -0.05) is 6.92 Å². The number of rotatable bonds is 3. The highest BCUT2D eigenvalue weighted by Gasteiger charge is 2.36. The average Bonchev–Trinajstić information content (AvgIpc) is 3.27. The SMILES string of the molecule is CCS(=O)(=O)c1cc2[nH]c(C(F)(F)F)nc2nc1-c1nc2cc(C(F)(F)F)ncc2n1C. The van der Waals surface area contributed by atoms with E-state index in [1.165, 1.54) is 18.5 Å². The van der Waals surface area contributed by atoms with Crippen LogP contribution in [0.2, 0.25) is 0 Å². The smallest absolute Gasteiger partial charge is 0.333 e. The molecule has 170 valence electrons. The molecule has 0 aliphatic rings. The first-order chi connectivity index (χ1) is 14.7. The fraction of sp³-hybridized carbons (Fsp3) is 0.294. The summed E-state index contributed by atoms with van der Waals surface area (Å²) in [7, 11) is -2.63. The first-order valence-corrected chi connectivity index (χ1v) is 10.5. The molecule has 0 bridgehead atoms. The molecule has 0 unspecified atom stereocenters. The molecule has 0 aliphatic carbocycles. The van der Waals surface area contributed by atoms with Gasteiger partial charge in [-0.15, -0.1) is 0 Å². The number of aromatic amines is 1. The van der Waals surface area contributed by atoms with Crippen molar-refractivity contribution in [2.45, 2.75) is 24.2 Å². The monoisotopic (exact) mass is 478 g/mol. The molecule has 0 saturated carbocycles. The second kappa shape index (κ2) is 6.88. The summed E-state index contributed by atoms with van der Waals surface area (Å²) in [6.07, 6.45) is -8.65. The summed E-state index contributed by atoms with van der Waals surface area (Å²) < 4.78 is 105. The van der Waals surface area contributed by atoms with Crippen LogP contribution < -0.4 is 0 Å². The van der Waals surface area contributed by atoms with Crippen molar-refractivity contribution in [1.82, 2.24) is 29.5 Å². The van der Waals surface area contributed by atoms with E-state index >= 15 is 0 Å². The highest BCUT2D eigenvalue weighted by Crippen LogP contribution is 2.34. The maximum atomic E-state index is 13.0. The molecule has 0 radical (unpaired) electrons. The minimum atomic E-state index is -4.83. The largest absolute Gasteiger partial charge is 0.449 e. The first kappa shape index (κ1) is 22.0. The second-order valence-corrected chi connectivity index (χ2v) is 8.99. The van der Waals surface area contributed by atoms with Crippen LogP contribution in [-0.4, -0.2) is 43.7 Å². The fourth-order valence-electron chi connectivity index (χ4n) is 3.07. The summed E-state index contributed by atoms with van der Waals surface area (Å²) in [6.45, 7) is 1.33. The van der Waals surface area contributed by atoms with E-state index in [1.807, 2.05) is 4.98 Å². The minimum absolute atomic E-state index is 0.132. The quantitative estimate of drug-likeness (QED) is 0.450. The van der Waals surface area contributed by atoms with Crippen molar-refractivity contribution in [3.8, 4) is 11.5 Å². The molecular formula is C17H12F6N6O2S.